The Bertz CT molecular complexity index is 1340. The molecule has 0 fully saturated rings. The second kappa shape index (κ2) is 11.3. The molecule has 0 aliphatic rings. The SMILES string of the molecule is Fc1c(F)c(-c2c(F)c(F)c(Oc3ccc(CBr)cc3)c(F)c2F)c(F)c(F)c1Oc1ccc(CBr)cc1. The zero-order valence-corrected chi connectivity index (χ0v) is 21.8. The smallest absolute Gasteiger partial charge is 0.205 e. The minimum atomic E-state index is -2.34. The molecular weight excluding hydrogens is 656 g/mol. The Hall–Kier alpha value is -3.12. The highest BCUT2D eigenvalue weighted by Gasteiger charge is 2.35. The Labute approximate surface area is 227 Å². The summed E-state index contributed by atoms with van der Waals surface area (Å²) in [4.78, 5) is 0. The molecule has 4 aromatic rings. The van der Waals surface area contributed by atoms with E-state index in [0.29, 0.717) is 10.7 Å². The Morgan fingerprint density at radius 3 is 0.921 bits per heavy atom. The first kappa shape index (κ1) is 27.9. The van der Waals surface area contributed by atoms with Crippen LogP contribution in [0, 0.1) is 46.5 Å². The van der Waals surface area contributed by atoms with Crippen molar-refractivity contribution in [2.24, 2.45) is 0 Å². The largest absolute Gasteiger partial charge is 0.451 e. The Morgan fingerprint density at radius 1 is 0.421 bits per heavy atom. The van der Waals surface area contributed by atoms with Gasteiger partial charge in [-0.2, -0.15) is 17.6 Å². The first-order chi connectivity index (χ1) is 18.1. The van der Waals surface area contributed by atoms with E-state index in [0.717, 1.165) is 11.1 Å². The third-order valence-corrected chi connectivity index (χ3v) is 6.59. The molecule has 0 spiro atoms. The summed E-state index contributed by atoms with van der Waals surface area (Å²) < 4.78 is 128. The molecular formula is C26H12Br2F8O2. The lowest BCUT2D eigenvalue weighted by Gasteiger charge is -2.16. The van der Waals surface area contributed by atoms with Crippen molar-refractivity contribution in [2.75, 3.05) is 0 Å². The number of alkyl halides is 2. The molecule has 0 aliphatic carbocycles. The zero-order chi connectivity index (χ0) is 27.7. The predicted octanol–water partition coefficient (Wildman–Crippen LogP) is 9.84. The molecule has 0 heterocycles. The Morgan fingerprint density at radius 2 is 0.684 bits per heavy atom. The molecule has 198 valence electrons. The van der Waals surface area contributed by atoms with Gasteiger partial charge in [0.15, 0.2) is 23.3 Å². The van der Waals surface area contributed by atoms with E-state index in [1.54, 1.807) is 0 Å². The predicted molar refractivity (Wildman–Crippen MR) is 130 cm³/mol. The lowest BCUT2D eigenvalue weighted by Crippen LogP contribution is -2.09. The normalized spacial score (nSPS) is 11.1. The monoisotopic (exact) mass is 666 g/mol. The molecule has 38 heavy (non-hydrogen) atoms. The van der Waals surface area contributed by atoms with Crippen LogP contribution in [0.5, 0.6) is 23.0 Å². The van der Waals surface area contributed by atoms with Gasteiger partial charge >= 0.3 is 0 Å². The summed E-state index contributed by atoms with van der Waals surface area (Å²) in [6.45, 7) is 0. The van der Waals surface area contributed by atoms with E-state index in [9.17, 15) is 35.1 Å². The minimum Gasteiger partial charge on any atom is -0.451 e. The van der Waals surface area contributed by atoms with Crippen LogP contribution in [0.15, 0.2) is 48.5 Å². The zero-order valence-electron chi connectivity index (χ0n) is 18.6. The molecule has 0 aliphatic heterocycles. The van der Waals surface area contributed by atoms with Gasteiger partial charge < -0.3 is 9.47 Å². The van der Waals surface area contributed by atoms with Gasteiger partial charge in [-0.15, -0.1) is 0 Å². The van der Waals surface area contributed by atoms with Crippen molar-refractivity contribution in [1.29, 1.82) is 0 Å². The maximum atomic E-state index is 14.9. The first-order valence-electron chi connectivity index (χ1n) is 10.5. The van der Waals surface area contributed by atoms with Crippen LogP contribution in [0.3, 0.4) is 0 Å². The molecule has 0 saturated heterocycles. The summed E-state index contributed by atoms with van der Waals surface area (Å²) in [5.41, 5.74) is -2.54. The van der Waals surface area contributed by atoms with Crippen molar-refractivity contribution in [3.05, 3.63) is 106 Å². The number of halogens is 10. The van der Waals surface area contributed by atoms with E-state index in [-0.39, 0.29) is 11.5 Å². The van der Waals surface area contributed by atoms with Gasteiger partial charge in [0.25, 0.3) is 0 Å². The van der Waals surface area contributed by atoms with Gasteiger partial charge in [0, 0.05) is 10.7 Å². The summed E-state index contributed by atoms with van der Waals surface area (Å²) in [6, 6.07) is 10.9. The van der Waals surface area contributed by atoms with Crippen LogP contribution < -0.4 is 9.47 Å². The van der Waals surface area contributed by atoms with Gasteiger partial charge in [-0.3, -0.25) is 0 Å². The van der Waals surface area contributed by atoms with Crippen LogP contribution in [0.4, 0.5) is 35.1 Å². The molecule has 4 rings (SSSR count). The van der Waals surface area contributed by atoms with Crippen molar-refractivity contribution >= 4 is 31.9 Å². The van der Waals surface area contributed by atoms with Crippen LogP contribution >= 0.6 is 31.9 Å². The lowest BCUT2D eigenvalue weighted by atomic mass is 10.0. The second-order valence-corrected chi connectivity index (χ2v) is 8.80. The van der Waals surface area contributed by atoms with Crippen LogP contribution in [0.2, 0.25) is 0 Å². The molecule has 0 amide bonds. The number of hydrogen-bond donors (Lipinski definition) is 0. The number of ether oxygens (including phenoxy) is 2. The fourth-order valence-corrected chi connectivity index (χ4v) is 4.12. The minimum absolute atomic E-state index is 0.223. The van der Waals surface area contributed by atoms with Gasteiger partial charge in [-0.1, -0.05) is 56.1 Å². The number of hydrogen-bond acceptors (Lipinski definition) is 2. The lowest BCUT2D eigenvalue weighted by molar-refractivity contribution is 0.360. The van der Waals surface area contributed by atoms with Crippen LogP contribution in [0.25, 0.3) is 11.1 Å². The summed E-state index contributed by atoms with van der Waals surface area (Å²) in [7, 11) is 0. The molecule has 0 saturated carbocycles. The van der Waals surface area contributed by atoms with E-state index in [4.69, 9.17) is 9.47 Å². The summed E-state index contributed by atoms with van der Waals surface area (Å²) in [5, 5.41) is 0.872. The van der Waals surface area contributed by atoms with Gasteiger partial charge in [0.1, 0.15) is 11.5 Å². The van der Waals surface area contributed by atoms with Gasteiger partial charge in [0.05, 0.1) is 11.1 Å². The standard InChI is InChI=1S/C26H12Br2F8O2/c27-9-11-1-5-13(6-2-11)37-25-21(33)17(29)15(18(30)22(25)34)16-19(31)23(35)26(24(36)20(16)32)38-14-7-3-12(10-28)4-8-14/h1-8H,9-10H2. The van der Waals surface area contributed by atoms with E-state index in [2.05, 4.69) is 31.9 Å². The van der Waals surface area contributed by atoms with E-state index >= 15 is 0 Å². The molecule has 0 N–H and O–H groups in total. The van der Waals surface area contributed by atoms with E-state index in [1.165, 1.54) is 48.5 Å². The summed E-state index contributed by atoms with van der Waals surface area (Å²) in [5.74, 6) is -21.7. The average Bonchev–Trinajstić information content (AvgIpc) is 2.93. The Kier molecular flexibility index (Phi) is 8.31. The molecule has 0 atom stereocenters. The molecule has 0 unspecified atom stereocenters. The fourth-order valence-electron chi connectivity index (χ4n) is 3.37. The molecule has 12 heteroatoms. The first-order valence-corrected chi connectivity index (χ1v) is 12.7. The maximum absolute atomic E-state index is 14.9. The maximum Gasteiger partial charge on any atom is 0.205 e. The highest BCUT2D eigenvalue weighted by Crippen LogP contribution is 2.43. The fraction of sp³-hybridized carbons (Fsp3) is 0.0769. The van der Waals surface area contributed by atoms with E-state index in [1.807, 2.05) is 0 Å². The van der Waals surface area contributed by atoms with Gasteiger partial charge in [-0.25, -0.2) is 17.6 Å². The highest BCUT2D eigenvalue weighted by atomic mass is 79.9. The van der Waals surface area contributed by atoms with Crippen molar-refractivity contribution in [3.63, 3.8) is 0 Å². The molecule has 0 radical (unpaired) electrons. The third kappa shape index (κ3) is 5.11. The molecule has 0 aromatic heterocycles. The molecule has 2 nitrogen and oxygen atoms in total. The van der Waals surface area contributed by atoms with Crippen molar-refractivity contribution < 1.29 is 44.6 Å². The quantitative estimate of drug-likeness (QED) is 0.111. The summed E-state index contributed by atoms with van der Waals surface area (Å²) in [6.07, 6.45) is 0. The summed E-state index contributed by atoms with van der Waals surface area (Å²) >= 11 is 6.37. The topological polar surface area (TPSA) is 18.5 Å². The van der Waals surface area contributed by atoms with Crippen LogP contribution in [-0.2, 0) is 10.7 Å². The van der Waals surface area contributed by atoms with Crippen molar-refractivity contribution in [3.8, 4) is 34.1 Å². The third-order valence-electron chi connectivity index (χ3n) is 5.29. The number of rotatable bonds is 7. The van der Waals surface area contributed by atoms with Gasteiger partial charge in [-0.05, 0) is 35.4 Å². The van der Waals surface area contributed by atoms with Crippen molar-refractivity contribution in [2.45, 2.75) is 10.7 Å². The molecule has 0 bridgehead atoms. The number of benzene rings is 4. The second-order valence-electron chi connectivity index (χ2n) is 7.68. The highest BCUT2D eigenvalue weighted by molar-refractivity contribution is 9.08. The molecule has 4 aromatic carbocycles. The van der Waals surface area contributed by atoms with E-state index < -0.39 is 69.2 Å². The van der Waals surface area contributed by atoms with Crippen LogP contribution in [0.1, 0.15) is 11.1 Å². The van der Waals surface area contributed by atoms with Crippen molar-refractivity contribution in [1.82, 2.24) is 0 Å². The average molecular weight is 668 g/mol. The van der Waals surface area contributed by atoms with Crippen LogP contribution in [-0.4, -0.2) is 0 Å². The van der Waals surface area contributed by atoms with Gasteiger partial charge in [0.2, 0.25) is 34.8 Å². The Balaban J connectivity index is 1.80.